The van der Waals surface area contributed by atoms with Gasteiger partial charge in [0.05, 0.1) is 0 Å². The summed E-state index contributed by atoms with van der Waals surface area (Å²) in [6.45, 7) is 6.24. The van der Waals surface area contributed by atoms with Crippen molar-refractivity contribution in [2.24, 2.45) is 0 Å². The molecule has 0 aromatic rings. The molecule has 2 aliphatic rings. The van der Waals surface area contributed by atoms with Crippen molar-refractivity contribution in [3.05, 3.63) is 0 Å². The summed E-state index contributed by atoms with van der Waals surface area (Å²) in [5.74, 6) is 2.63. The third-order valence-electron chi connectivity index (χ3n) is 4.23. The average molecular weight is 256 g/mol. The Bertz CT molecular complexity index is 204. The molecule has 2 fully saturated rings. The summed E-state index contributed by atoms with van der Waals surface area (Å²) in [5, 5.41) is 3.66. The Hall–Kier alpha value is 0.270. The van der Waals surface area contributed by atoms with Crippen molar-refractivity contribution in [1.82, 2.24) is 10.2 Å². The van der Waals surface area contributed by atoms with E-state index in [-0.39, 0.29) is 0 Å². The fourth-order valence-corrected chi connectivity index (χ4v) is 4.12. The average Bonchev–Trinajstić information content (AvgIpc) is 2.62. The van der Waals surface area contributed by atoms with Crippen LogP contribution in [0.1, 0.15) is 45.4 Å². The molecule has 0 bridgehead atoms. The highest BCUT2D eigenvalue weighted by atomic mass is 32.2. The van der Waals surface area contributed by atoms with Crippen molar-refractivity contribution in [1.29, 1.82) is 0 Å². The fraction of sp³-hybridized carbons (Fsp3) is 1.00. The van der Waals surface area contributed by atoms with Crippen LogP contribution in [0.3, 0.4) is 0 Å². The molecule has 3 heteroatoms. The molecule has 2 unspecified atom stereocenters. The molecule has 0 aromatic carbocycles. The summed E-state index contributed by atoms with van der Waals surface area (Å²) in [7, 11) is 0. The molecule has 100 valence electrons. The van der Waals surface area contributed by atoms with Gasteiger partial charge in [-0.1, -0.05) is 19.8 Å². The van der Waals surface area contributed by atoms with Gasteiger partial charge >= 0.3 is 0 Å². The number of hydrogen-bond acceptors (Lipinski definition) is 3. The topological polar surface area (TPSA) is 15.3 Å². The zero-order chi connectivity index (χ0) is 11.9. The van der Waals surface area contributed by atoms with Crippen LogP contribution in [-0.2, 0) is 0 Å². The zero-order valence-corrected chi connectivity index (χ0v) is 12.1. The Morgan fingerprint density at radius 1 is 1.29 bits per heavy atom. The van der Waals surface area contributed by atoms with Crippen LogP contribution in [0.15, 0.2) is 0 Å². The van der Waals surface area contributed by atoms with Crippen LogP contribution in [-0.4, -0.2) is 48.1 Å². The summed E-state index contributed by atoms with van der Waals surface area (Å²) in [6, 6.07) is 1.64. The Morgan fingerprint density at radius 3 is 3.00 bits per heavy atom. The number of thioether (sulfide) groups is 1. The first kappa shape index (κ1) is 13.7. The summed E-state index contributed by atoms with van der Waals surface area (Å²) in [4.78, 5) is 2.77. The van der Waals surface area contributed by atoms with Crippen molar-refractivity contribution in [3.8, 4) is 0 Å². The molecule has 0 amide bonds. The number of likely N-dealkylation sites (tertiary alicyclic amines) is 1. The molecular formula is C14H28N2S. The largest absolute Gasteiger partial charge is 0.312 e. The smallest absolute Gasteiger partial charge is 0.0170 e. The molecule has 0 aromatic heterocycles. The molecule has 2 atom stereocenters. The standard InChI is InChI=1S/C14H28N2S/c1-2-14-6-4-3-5-9-16(14)10-7-13-12-17-11-8-15-13/h13-15H,2-12H2,1H3. The van der Waals surface area contributed by atoms with Crippen molar-refractivity contribution >= 4 is 11.8 Å². The highest BCUT2D eigenvalue weighted by Gasteiger charge is 2.21. The molecule has 2 rings (SSSR count). The van der Waals surface area contributed by atoms with Crippen LogP contribution < -0.4 is 5.32 Å². The lowest BCUT2D eigenvalue weighted by Crippen LogP contribution is -2.42. The fourth-order valence-electron chi connectivity index (χ4n) is 3.12. The SMILES string of the molecule is CCC1CCCCCN1CCC1CSCCN1. The normalized spacial score (nSPS) is 32.3. The molecule has 0 saturated carbocycles. The second-order valence-electron chi connectivity index (χ2n) is 5.46. The minimum absolute atomic E-state index is 0.773. The third-order valence-corrected chi connectivity index (χ3v) is 5.36. The van der Waals surface area contributed by atoms with Gasteiger partial charge in [-0.15, -0.1) is 0 Å². The Kier molecular flexibility index (Phi) is 6.16. The quantitative estimate of drug-likeness (QED) is 0.832. The van der Waals surface area contributed by atoms with E-state index in [1.807, 2.05) is 0 Å². The maximum atomic E-state index is 3.66. The lowest BCUT2D eigenvalue weighted by molar-refractivity contribution is 0.186. The van der Waals surface area contributed by atoms with Crippen LogP contribution in [0.4, 0.5) is 0 Å². The highest BCUT2D eigenvalue weighted by molar-refractivity contribution is 7.99. The molecule has 0 radical (unpaired) electrons. The third kappa shape index (κ3) is 4.46. The van der Waals surface area contributed by atoms with Crippen molar-refractivity contribution in [2.45, 2.75) is 57.5 Å². The Balaban J connectivity index is 1.74. The van der Waals surface area contributed by atoms with E-state index in [9.17, 15) is 0 Å². The van der Waals surface area contributed by atoms with Crippen LogP contribution in [0.5, 0.6) is 0 Å². The van der Waals surface area contributed by atoms with Gasteiger partial charge in [0.15, 0.2) is 0 Å². The van der Waals surface area contributed by atoms with E-state index in [0.29, 0.717) is 0 Å². The van der Waals surface area contributed by atoms with Gasteiger partial charge in [-0.2, -0.15) is 11.8 Å². The van der Waals surface area contributed by atoms with E-state index in [4.69, 9.17) is 0 Å². The molecule has 2 heterocycles. The second kappa shape index (κ2) is 7.65. The molecule has 2 nitrogen and oxygen atoms in total. The van der Waals surface area contributed by atoms with E-state index < -0.39 is 0 Å². The maximum absolute atomic E-state index is 3.66. The van der Waals surface area contributed by atoms with Gasteiger partial charge in [0.2, 0.25) is 0 Å². The van der Waals surface area contributed by atoms with E-state index in [2.05, 4.69) is 28.9 Å². The molecule has 0 spiro atoms. The van der Waals surface area contributed by atoms with Gasteiger partial charge < -0.3 is 10.2 Å². The summed E-state index contributed by atoms with van der Waals surface area (Å²) < 4.78 is 0. The van der Waals surface area contributed by atoms with Crippen molar-refractivity contribution in [3.63, 3.8) is 0 Å². The minimum Gasteiger partial charge on any atom is -0.312 e. The first-order chi connectivity index (χ1) is 8.40. The zero-order valence-electron chi connectivity index (χ0n) is 11.3. The number of hydrogen-bond donors (Lipinski definition) is 1. The first-order valence-corrected chi connectivity index (χ1v) is 8.61. The maximum Gasteiger partial charge on any atom is 0.0170 e. The summed E-state index contributed by atoms with van der Waals surface area (Å²) >= 11 is 2.12. The van der Waals surface area contributed by atoms with Crippen molar-refractivity contribution < 1.29 is 0 Å². The second-order valence-corrected chi connectivity index (χ2v) is 6.61. The summed E-state index contributed by atoms with van der Waals surface area (Å²) in [5.41, 5.74) is 0. The summed E-state index contributed by atoms with van der Waals surface area (Å²) in [6.07, 6.45) is 8.44. The first-order valence-electron chi connectivity index (χ1n) is 7.45. The van der Waals surface area contributed by atoms with Crippen molar-refractivity contribution in [2.75, 3.05) is 31.1 Å². The van der Waals surface area contributed by atoms with E-state index in [0.717, 1.165) is 12.1 Å². The number of rotatable bonds is 4. The monoisotopic (exact) mass is 256 g/mol. The molecular weight excluding hydrogens is 228 g/mol. The van der Waals surface area contributed by atoms with E-state index >= 15 is 0 Å². The Morgan fingerprint density at radius 2 is 2.24 bits per heavy atom. The highest BCUT2D eigenvalue weighted by Crippen LogP contribution is 2.20. The molecule has 17 heavy (non-hydrogen) atoms. The predicted octanol–water partition coefficient (Wildman–Crippen LogP) is 2.74. The lowest BCUT2D eigenvalue weighted by atomic mass is 10.1. The van der Waals surface area contributed by atoms with Gasteiger partial charge in [-0.05, 0) is 38.8 Å². The van der Waals surface area contributed by atoms with Gasteiger partial charge in [0.25, 0.3) is 0 Å². The number of nitrogens with zero attached hydrogens (tertiary/aromatic N) is 1. The van der Waals surface area contributed by atoms with E-state index in [1.165, 1.54) is 69.7 Å². The van der Waals surface area contributed by atoms with Crippen LogP contribution >= 0.6 is 11.8 Å². The van der Waals surface area contributed by atoms with Gasteiger partial charge in [-0.3, -0.25) is 0 Å². The minimum atomic E-state index is 0.773. The number of nitrogens with one attached hydrogen (secondary N) is 1. The van der Waals surface area contributed by atoms with Crippen LogP contribution in [0, 0.1) is 0 Å². The molecule has 1 N–H and O–H groups in total. The molecule has 2 saturated heterocycles. The lowest BCUT2D eigenvalue weighted by Gasteiger charge is -2.31. The van der Waals surface area contributed by atoms with Gasteiger partial charge in [0, 0.05) is 30.1 Å². The Labute approximate surface area is 111 Å². The van der Waals surface area contributed by atoms with E-state index in [1.54, 1.807) is 0 Å². The van der Waals surface area contributed by atoms with Crippen LogP contribution in [0.2, 0.25) is 0 Å². The predicted molar refractivity (Wildman–Crippen MR) is 77.9 cm³/mol. The van der Waals surface area contributed by atoms with Gasteiger partial charge in [0.1, 0.15) is 0 Å². The van der Waals surface area contributed by atoms with Crippen LogP contribution in [0.25, 0.3) is 0 Å². The molecule has 2 aliphatic heterocycles. The molecule has 0 aliphatic carbocycles. The van der Waals surface area contributed by atoms with Gasteiger partial charge in [-0.25, -0.2) is 0 Å².